The van der Waals surface area contributed by atoms with E-state index in [4.69, 9.17) is 4.74 Å². The summed E-state index contributed by atoms with van der Waals surface area (Å²) in [6, 6.07) is 24.5. The van der Waals surface area contributed by atoms with Crippen molar-refractivity contribution in [3.63, 3.8) is 0 Å². The minimum absolute atomic E-state index is 0.206. The van der Waals surface area contributed by atoms with Crippen LogP contribution in [0.5, 0.6) is 0 Å². The van der Waals surface area contributed by atoms with Crippen molar-refractivity contribution in [2.24, 2.45) is 0 Å². The number of esters is 1. The van der Waals surface area contributed by atoms with Gasteiger partial charge < -0.3 is 9.46 Å². The number of hydrogen-bond donors (Lipinski definition) is 2. The number of anilines is 1. The second-order valence-electron chi connectivity index (χ2n) is 11.7. The van der Waals surface area contributed by atoms with Crippen molar-refractivity contribution >= 4 is 32.5 Å². The highest BCUT2D eigenvalue weighted by molar-refractivity contribution is 8.03. The van der Waals surface area contributed by atoms with E-state index >= 15 is 0 Å². The molecule has 0 aliphatic carbocycles. The number of aryl methyl sites for hydroxylation is 2. The van der Waals surface area contributed by atoms with Gasteiger partial charge in [0.15, 0.2) is 0 Å². The molecule has 0 saturated heterocycles. The number of benzene rings is 4. The lowest BCUT2D eigenvalue weighted by atomic mass is 9.87. The molecule has 0 radical (unpaired) electrons. The molecule has 4 nitrogen and oxygen atoms in total. The molecule has 0 fully saturated rings. The zero-order valence-electron chi connectivity index (χ0n) is 24.4. The van der Waals surface area contributed by atoms with Crippen LogP contribution in [0.3, 0.4) is 0 Å². The average Bonchev–Trinajstić information content (AvgIpc) is 2.85. The highest BCUT2D eigenvalue weighted by atomic mass is 32.3. The van der Waals surface area contributed by atoms with Gasteiger partial charge in [0.1, 0.15) is 5.60 Å². The summed E-state index contributed by atoms with van der Waals surface area (Å²) in [5.74, 6) is -0.464. The fourth-order valence-corrected chi connectivity index (χ4v) is 7.80. The Kier molecular flexibility index (Phi) is 8.04. The standard InChI is InChI=1S/C34H41NO3S/c1-22-18-23(2)25(4)33(24(22)3)39(8,37)35-31-20-28(19-27-16-12-13-17-29(27)31)30(26-14-10-9-11-15-26)21-32(36)38-34(5,6)7/h9-20,30,39H,21H2,1-8H3,(H,35,37). The van der Waals surface area contributed by atoms with Gasteiger partial charge in [0.25, 0.3) is 0 Å². The third-order valence-electron chi connectivity index (χ3n) is 7.37. The Balaban J connectivity index is 1.85. The molecule has 4 rings (SSSR count). The maximum Gasteiger partial charge on any atom is 0.307 e. The Morgan fingerprint density at radius 3 is 2.05 bits per heavy atom. The molecular formula is C34H41NO3S. The predicted octanol–water partition coefficient (Wildman–Crippen LogP) is 7.97. The lowest BCUT2D eigenvalue weighted by molar-refractivity contribution is -0.155. The topological polar surface area (TPSA) is 55.4 Å². The first-order valence-corrected chi connectivity index (χ1v) is 15.7. The van der Waals surface area contributed by atoms with Crippen molar-refractivity contribution in [3.05, 3.63) is 106 Å². The molecule has 0 heterocycles. The molecule has 0 bridgehead atoms. The van der Waals surface area contributed by atoms with Crippen LogP contribution < -0.4 is 4.72 Å². The van der Waals surface area contributed by atoms with Gasteiger partial charge in [-0.3, -0.25) is 9.00 Å². The summed E-state index contributed by atoms with van der Waals surface area (Å²) in [7, 11) is -3.02. The highest BCUT2D eigenvalue weighted by Gasteiger charge is 2.25. The van der Waals surface area contributed by atoms with Gasteiger partial charge in [-0.1, -0.05) is 66.7 Å². The molecule has 206 valence electrons. The van der Waals surface area contributed by atoms with Crippen LogP contribution in [0.1, 0.15) is 66.5 Å². The molecule has 1 N–H and O–H groups in total. The van der Waals surface area contributed by atoms with E-state index in [2.05, 4.69) is 56.7 Å². The van der Waals surface area contributed by atoms with Crippen molar-refractivity contribution in [2.75, 3.05) is 11.0 Å². The van der Waals surface area contributed by atoms with Gasteiger partial charge in [-0.15, -0.1) is 0 Å². The highest BCUT2D eigenvalue weighted by Crippen LogP contribution is 2.37. The van der Waals surface area contributed by atoms with Gasteiger partial charge in [0.05, 0.1) is 12.1 Å². The van der Waals surface area contributed by atoms with Gasteiger partial charge in [-0.05, 0) is 103 Å². The second kappa shape index (κ2) is 11.0. The van der Waals surface area contributed by atoms with Crippen molar-refractivity contribution in [1.29, 1.82) is 0 Å². The lowest BCUT2D eigenvalue weighted by Gasteiger charge is -2.29. The van der Waals surface area contributed by atoms with E-state index in [0.29, 0.717) is 0 Å². The molecule has 4 aromatic carbocycles. The monoisotopic (exact) mass is 543 g/mol. The summed E-state index contributed by atoms with van der Waals surface area (Å²) in [6.07, 6.45) is 2.02. The SMILES string of the molecule is Cc1cc(C)c(C)c([SH](C)(=O)Nc2cc(C(CC(=O)OC(C)(C)C)c3ccccc3)cc3ccccc23)c1C. The number of carbonyl (C=O) groups is 1. The summed E-state index contributed by atoms with van der Waals surface area (Å²) in [4.78, 5) is 13.9. The first-order chi connectivity index (χ1) is 18.3. The van der Waals surface area contributed by atoms with Crippen molar-refractivity contribution in [3.8, 4) is 0 Å². The van der Waals surface area contributed by atoms with Crippen LogP contribution in [0, 0.1) is 27.7 Å². The second-order valence-corrected chi connectivity index (χ2v) is 14.2. The Bertz CT molecular complexity index is 1540. The quantitative estimate of drug-likeness (QED) is 0.184. The zero-order valence-corrected chi connectivity index (χ0v) is 25.3. The van der Waals surface area contributed by atoms with E-state index in [1.807, 2.05) is 75.6 Å². The number of fused-ring (bicyclic) bond motifs is 1. The smallest absolute Gasteiger partial charge is 0.307 e. The van der Waals surface area contributed by atoms with Crippen molar-refractivity contribution in [1.82, 2.24) is 0 Å². The van der Waals surface area contributed by atoms with E-state index in [9.17, 15) is 9.00 Å². The van der Waals surface area contributed by atoms with E-state index in [1.54, 1.807) is 0 Å². The summed E-state index contributed by atoms with van der Waals surface area (Å²) in [5, 5.41) is 2.02. The zero-order chi connectivity index (χ0) is 28.5. The van der Waals surface area contributed by atoms with Crippen molar-refractivity contribution < 1.29 is 13.7 Å². The van der Waals surface area contributed by atoms with Crippen LogP contribution in [-0.2, 0) is 19.7 Å². The van der Waals surface area contributed by atoms with Crippen LogP contribution in [-0.4, -0.2) is 22.0 Å². The van der Waals surface area contributed by atoms with Crippen LogP contribution in [0.2, 0.25) is 0 Å². The summed E-state index contributed by atoms with van der Waals surface area (Å²) in [6.45, 7) is 13.9. The van der Waals surface area contributed by atoms with Crippen LogP contribution in [0.25, 0.3) is 10.8 Å². The van der Waals surface area contributed by atoms with Crippen LogP contribution >= 0.6 is 0 Å². The molecule has 1 atom stereocenters. The van der Waals surface area contributed by atoms with E-state index in [-0.39, 0.29) is 18.3 Å². The molecule has 0 amide bonds. The van der Waals surface area contributed by atoms with E-state index in [0.717, 1.165) is 54.7 Å². The lowest BCUT2D eigenvalue weighted by Crippen LogP contribution is -2.25. The third-order valence-corrected chi connectivity index (χ3v) is 9.56. The van der Waals surface area contributed by atoms with Crippen molar-refractivity contribution in [2.45, 2.75) is 71.3 Å². The Morgan fingerprint density at radius 2 is 1.44 bits per heavy atom. The minimum atomic E-state index is -3.02. The van der Waals surface area contributed by atoms with Gasteiger partial charge in [0.2, 0.25) is 0 Å². The molecule has 0 aromatic heterocycles. The Morgan fingerprint density at radius 1 is 0.846 bits per heavy atom. The summed E-state index contributed by atoms with van der Waals surface area (Å²) < 4.78 is 23.7. The molecule has 4 aromatic rings. The number of ether oxygens (including phenoxy) is 1. The van der Waals surface area contributed by atoms with E-state index < -0.39 is 15.7 Å². The molecular weight excluding hydrogens is 502 g/mol. The van der Waals surface area contributed by atoms with Gasteiger partial charge in [-0.2, -0.15) is 0 Å². The number of carbonyl (C=O) groups excluding carboxylic acids is 1. The number of nitrogens with one attached hydrogen (secondary N) is 1. The summed E-state index contributed by atoms with van der Waals surface area (Å²) in [5.41, 5.74) is 6.64. The normalized spacial score (nSPS) is 13.2. The Hall–Kier alpha value is -3.44. The fourth-order valence-electron chi connectivity index (χ4n) is 5.41. The first-order valence-electron chi connectivity index (χ1n) is 13.5. The maximum atomic E-state index is 14.5. The largest absolute Gasteiger partial charge is 0.460 e. The molecule has 1 unspecified atom stereocenters. The molecule has 0 saturated carbocycles. The molecule has 0 aliphatic heterocycles. The number of rotatable bonds is 7. The van der Waals surface area contributed by atoms with Gasteiger partial charge >= 0.3 is 5.97 Å². The fraction of sp³-hybridized carbons (Fsp3) is 0.324. The third kappa shape index (κ3) is 6.42. The molecule has 0 spiro atoms. The molecule has 39 heavy (non-hydrogen) atoms. The van der Waals surface area contributed by atoms with E-state index in [1.165, 1.54) is 0 Å². The van der Waals surface area contributed by atoms with Gasteiger partial charge in [-0.25, -0.2) is 0 Å². The van der Waals surface area contributed by atoms with Crippen LogP contribution in [0.15, 0.2) is 77.7 Å². The maximum absolute atomic E-state index is 14.5. The molecule has 0 aliphatic rings. The Labute approximate surface area is 234 Å². The predicted molar refractivity (Wildman–Crippen MR) is 165 cm³/mol. The average molecular weight is 544 g/mol. The number of thiol groups is 1. The number of hydrogen-bond acceptors (Lipinski definition) is 3. The first kappa shape index (κ1) is 28.6. The summed E-state index contributed by atoms with van der Waals surface area (Å²) >= 11 is 0. The minimum Gasteiger partial charge on any atom is -0.460 e. The van der Waals surface area contributed by atoms with Crippen LogP contribution in [0.4, 0.5) is 5.69 Å². The van der Waals surface area contributed by atoms with Gasteiger partial charge in [0, 0.05) is 22.5 Å². The molecule has 5 heteroatoms.